The number of epoxide rings is 1. The van der Waals surface area contributed by atoms with Gasteiger partial charge >= 0.3 is 6.18 Å². The Hall–Kier alpha value is -0.250. The largest absolute Gasteiger partial charge is 0.391 e. The molecule has 0 radical (unpaired) electrons. The molecule has 0 aromatic carbocycles. The molecule has 5 rings (SSSR count). The predicted octanol–water partition coefficient (Wildman–Crippen LogP) is 7.88. The normalized spacial score (nSPS) is 51.0. The Kier molecular flexibility index (Phi) is 6.08. The van der Waals surface area contributed by atoms with Crippen molar-refractivity contribution in [3.63, 3.8) is 0 Å². The molecule has 5 aliphatic rings. The molecule has 1 saturated heterocycles. The summed E-state index contributed by atoms with van der Waals surface area (Å²) in [6.07, 6.45) is 5.45. The third-order valence-corrected chi connectivity index (χ3v) is 10.8. The Balaban J connectivity index is 0.00000106. The molecule has 174 valence electrons. The molecule has 0 bridgehead atoms. The van der Waals surface area contributed by atoms with Crippen LogP contribution in [0.5, 0.6) is 0 Å². The lowest BCUT2D eigenvalue weighted by Crippen LogP contribution is -2.54. The van der Waals surface area contributed by atoms with Gasteiger partial charge in [-0.05, 0) is 104 Å². The summed E-state index contributed by atoms with van der Waals surface area (Å²) in [6, 6.07) is 0. The molecule has 30 heavy (non-hydrogen) atoms. The molecule has 1 aliphatic heterocycles. The molecule has 0 aromatic rings. The van der Waals surface area contributed by atoms with E-state index in [9.17, 15) is 13.2 Å². The summed E-state index contributed by atoms with van der Waals surface area (Å²) < 4.78 is 45.7. The molecular formula is C26H43F3O. The number of fused-ring (bicyclic) bond motifs is 5. The van der Waals surface area contributed by atoms with Gasteiger partial charge in [0.15, 0.2) is 0 Å². The van der Waals surface area contributed by atoms with Gasteiger partial charge in [-0.2, -0.15) is 13.2 Å². The van der Waals surface area contributed by atoms with Crippen molar-refractivity contribution >= 4 is 0 Å². The number of hydrogen-bond acceptors (Lipinski definition) is 1. The van der Waals surface area contributed by atoms with Crippen molar-refractivity contribution in [2.45, 2.75) is 105 Å². The zero-order valence-corrected chi connectivity index (χ0v) is 19.7. The van der Waals surface area contributed by atoms with Crippen molar-refractivity contribution in [1.29, 1.82) is 0 Å². The van der Waals surface area contributed by atoms with Crippen LogP contribution in [0.25, 0.3) is 0 Å². The van der Waals surface area contributed by atoms with Gasteiger partial charge in [0.1, 0.15) is 0 Å². The third-order valence-electron chi connectivity index (χ3n) is 10.8. The van der Waals surface area contributed by atoms with Crippen LogP contribution in [0, 0.1) is 52.3 Å². The van der Waals surface area contributed by atoms with Crippen LogP contribution in [0.1, 0.15) is 92.4 Å². The standard InChI is InChI=1S/C24H37F3O.C2H6/c1-14(21-13-28-21)18-6-7-19-17-5-4-15-12-16(24(25,26)27)8-10-22(15,2)20(17)9-11-23(18,19)3;1-2/h14-21H,4-13H2,1-3H3;1-2H3. The lowest BCUT2D eigenvalue weighted by molar-refractivity contribution is -0.208. The molecule has 10 unspecified atom stereocenters. The van der Waals surface area contributed by atoms with Crippen LogP contribution in [0.15, 0.2) is 0 Å². The van der Waals surface area contributed by atoms with Gasteiger partial charge in [-0.25, -0.2) is 0 Å². The Morgan fingerprint density at radius 3 is 2.13 bits per heavy atom. The highest BCUT2D eigenvalue weighted by Gasteiger charge is 2.62. The lowest BCUT2D eigenvalue weighted by Gasteiger charge is -2.61. The molecule has 0 aromatic heterocycles. The molecule has 0 N–H and O–H groups in total. The summed E-state index contributed by atoms with van der Waals surface area (Å²) >= 11 is 0. The van der Waals surface area contributed by atoms with E-state index in [1.807, 2.05) is 13.8 Å². The minimum absolute atomic E-state index is 0.148. The van der Waals surface area contributed by atoms with E-state index in [1.54, 1.807) is 0 Å². The molecule has 5 fully saturated rings. The highest BCUT2D eigenvalue weighted by Crippen LogP contribution is 2.69. The maximum atomic E-state index is 13.4. The molecule has 10 atom stereocenters. The molecule has 4 heteroatoms. The van der Waals surface area contributed by atoms with Crippen LogP contribution < -0.4 is 0 Å². The van der Waals surface area contributed by atoms with Crippen LogP contribution in [0.2, 0.25) is 0 Å². The molecule has 1 nitrogen and oxygen atoms in total. The van der Waals surface area contributed by atoms with Crippen LogP contribution in [0.4, 0.5) is 13.2 Å². The smallest absolute Gasteiger partial charge is 0.373 e. The summed E-state index contributed by atoms with van der Waals surface area (Å²) in [5.74, 6) is 2.87. The third kappa shape index (κ3) is 3.55. The van der Waals surface area contributed by atoms with Gasteiger partial charge in [-0.1, -0.05) is 34.6 Å². The topological polar surface area (TPSA) is 12.5 Å². The van der Waals surface area contributed by atoms with E-state index in [4.69, 9.17) is 4.74 Å². The van der Waals surface area contributed by atoms with Crippen LogP contribution >= 0.6 is 0 Å². The number of halogens is 3. The molecule has 1 heterocycles. The van der Waals surface area contributed by atoms with Crippen LogP contribution in [-0.2, 0) is 4.74 Å². The Morgan fingerprint density at radius 1 is 0.867 bits per heavy atom. The highest BCUT2D eigenvalue weighted by molar-refractivity contribution is 5.10. The average Bonchev–Trinajstić information content (AvgIpc) is 3.49. The van der Waals surface area contributed by atoms with Crippen molar-refractivity contribution < 1.29 is 17.9 Å². The van der Waals surface area contributed by atoms with Crippen LogP contribution in [-0.4, -0.2) is 18.9 Å². The Morgan fingerprint density at radius 2 is 1.50 bits per heavy atom. The number of rotatable bonds is 2. The SMILES string of the molecule is CC.CC(C1CO1)C1CCC2C3CCC4CC(C(F)(F)F)CCC4(C)C3CCC12C. The second kappa shape index (κ2) is 7.96. The predicted molar refractivity (Wildman–Crippen MR) is 115 cm³/mol. The van der Waals surface area contributed by atoms with Crippen molar-refractivity contribution in [3.8, 4) is 0 Å². The van der Waals surface area contributed by atoms with Crippen molar-refractivity contribution in [1.82, 2.24) is 0 Å². The van der Waals surface area contributed by atoms with Gasteiger partial charge in [0.05, 0.1) is 18.6 Å². The summed E-state index contributed by atoms with van der Waals surface area (Å²) in [7, 11) is 0. The first kappa shape index (κ1) is 22.9. The first-order chi connectivity index (χ1) is 14.1. The van der Waals surface area contributed by atoms with Crippen LogP contribution in [0.3, 0.4) is 0 Å². The van der Waals surface area contributed by atoms with Gasteiger partial charge in [-0.3, -0.25) is 0 Å². The maximum Gasteiger partial charge on any atom is 0.391 e. The first-order valence-electron chi connectivity index (χ1n) is 12.8. The monoisotopic (exact) mass is 428 g/mol. The summed E-state index contributed by atoms with van der Waals surface area (Å²) in [6.45, 7) is 12.3. The molecule has 0 spiro atoms. The van der Waals surface area contributed by atoms with Crippen molar-refractivity contribution in [2.75, 3.05) is 6.61 Å². The number of hydrogen-bond donors (Lipinski definition) is 0. The van der Waals surface area contributed by atoms with E-state index in [-0.39, 0.29) is 11.3 Å². The fraction of sp³-hybridized carbons (Fsp3) is 1.00. The Labute approximate surface area is 181 Å². The van der Waals surface area contributed by atoms with E-state index >= 15 is 0 Å². The van der Waals surface area contributed by atoms with E-state index in [2.05, 4.69) is 20.8 Å². The van der Waals surface area contributed by atoms with E-state index in [0.29, 0.717) is 36.2 Å². The summed E-state index contributed by atoms with van der Waals surface area (Å²) in [4.78, 5) is 0. The van der Waals surface area contributed by atoms with Crippen molar-refractivity contribution in [3.05, 3.63) is 0 Å². The summed E-state index contributed by atoms with van der Waals surface area (Å²) in [5, 5.41) is 0. The molecule has 4 aliphatic carbocycles. The van der Waals surface area contributed by atoms with Crippen molar-refractivity contribution in [2.24, 2.45) is 52.3 Å². The zero-order chi connectivity index (χ0) is 21.9. The van der Waals surface area contributed by atoms with Gasteiger partial charge in [0.25, 0.3) is 0 Å². The van der Waals surface area contributed by atoms with E-state index in [1.165, 1.54) is 32.1 Å². The maximum absolute atomic E-state index is 13.4. The molecule has 4 saturated carbocycles. The first-order valence-corrected chi connectivity index (χ1v) is 12.8. The molecule has 0 amide bonds. The van der Waals surface area contributed by atoms with Gasteiger partial charge in [0, 0.05) is 0 Å². The van der Waals surface area contributed by atoms with Gasteiger partial charge in [0.2, 0.25) is 0 Å². The highest BCUT2D eigenvalue weighted by atomic mass is 19.4. The number of ether oxygens (including phenoxy) is 1. The second-order valence-corrected chi connectivity index (χ2v) is 11.6. The zero-order valence-electron chi connectivity index (χ0n) is 19.7. The molecular weight excluding hydrogens is 385 g/mol. The minimum Gasteiger partial charge on any atom is -0.373 e. The van der Waals surface area contributed by atoms with E-state index in [0.717, 1.165) is 37.2 Å². The fourth-order valence-corrected chi connectivity index (χ4v) is 9.08. The summed E-state index contributed by atoms with van der Waals surface area (Å²) in [5.41, 5.74) is 0.578. The average molecular weight is 429 g/mol. The quantitative estimate of drug-likeness (QED) is 0.407. The Bertz CT molecular complexity index is 614. The fourth-order valence-electron chi connectivity index (χ4n) is 9.08. The van der Waals surface area contributed by atoms with E-state index < -0.39 is 12.1 Å². The van der Waals surface area contributed by atoms with Gasteiger partial charge in [-0.15, -0.1) is 0 Å². The second-order valence-electron chi connectivity index (χ2n) is 11.6. The minimum atomic E-state index is -4.00. The number of alkyl halides is 3. The van der Waals surface area contributed by atoms with Gasteiger partial charge < -0.3 is 4.74 Å². The lowest BCUT2D eigenvalue weighted by atomic mass is 9.44.